The summed E-state index contributed by atoms with van der Waals surface area (Å²) in [7, 11) is 0.469. The second-order valence-corrected chi connectivity index (χ2v) is 1.75. The lowest BCUT2D eigenvalue weighted by Gasteiger charge is -2.24. The van der Waals surface area contributed by atoms with E-state index in [1.165, 1.54) is 0 Å². The van der Waals surface area contributed by atoms with E-state index in [0.29, 0.717) is 7.05 Å². The lowest BCUT2D eigenvalue weighted by atomic mass is 10.3. The zero-order valence-electron chi connectivity index (χ0n) is 5.35. The number of nitrogens with one attached hydrogen (secondary N) is 1. The molecule has 0 heterocycles. The minimum Gasteiger partial charge on any atom is -0.256 e. The second kappa shape index (κ2) is 2.88. The fourth-order valence-corrected chi connectivity index (χ4v) is 0.304. The number of halogens is 6. The van der Waals surface area contributed by atoms with Crippen LogP contribution in [-0.2, 0) is 0 Å². The summed E-state index contributed by atoms with van der Waals surface area (Å²) in [6.45, 7) is 0. The Hall–Kier alpha value is -0.460. The molecule has 0 fully saturated rings. The van der Waals surface area contributed by atoms with Gasteiger partial charge < -0.3 is 0 Å². The van der Waals surface area contributed by atoms with Crippen LogP contribution in [0.3, 0.4) is 0 Å². The van der Waals surface area contributed by atoms with Gasteiger partial charge in [-0.3, -0.25) is 5.32 Å². The van der Waals surface area contributed by atoms with Gasteiger partial charge in [-0.25, -0.2) is 8.78 Å². The molecule has 68 valence electrons. The molecule has 0 atom stereocenters. The molecule has 0 rings (SSSR count). The molecule has 0 spiro atoms. The van der Waals surface area contributed by atoms with Gasteiger partial charge in [0.05, 0.1) is 0 Å². The topological polar surface area (TPSA) is 12.0 Å². The van der Waals surface area contributed by atoms with E-state index in [4.69, 9.17) is 0 Å². The maximum absolute atomic E-state index is 11.8. The first-order chi connectivity index (χ1) is 4.75. The Morgan fingerprint density at radius 3 is 1.55 bits per heavy atom. The monoisotopic (exact) mass is 181 g/mol. The quantitative estimate of drug-likeness (QED) is 0.516. The van der Waals surface area contributed by atoms with Gasteiger partial charge in [0.2, 0.25) is 0 Å². The molecule has 0 saturated heterocycles. The Morgan fingerprint density at radius 1 is 1.09 bits per heavy atom. The summed E-state index contributed by atoms with van der Waals surface area (Å²) in [6, 6.07) is -4.87. The van der Waals surface area contributed by atoms with E-state index in [9.17, 15) is 26.3 Å². The Morgan fingerprint density at radius 2 is 1.45 bits per heavy atom. The highest BCUT2D eigenvalue weighted by molar-refractivity contribution is 4.83. The van der Waals surface area contributed by atoms with Crippen LogP contribution >= 0.6 is 0 Å². The molecular weight excluding hydrogens is 176 g/mol. The molecule has 0 bridgehead atoms. The molecule has 7 heteroatoms. The molecule has 0 amide bonds. The van der Waals surface area contributed by atoms with Crippen molar-refractivity contribution in [1.82, 2.24) is 5.32 Å². The van der Waals surface area contributed by atoms with E-state index in [-0.39, 0.29) is 0 Å². The largest absolute Gasteiger partial charge is 0.383 e. The molecule has 0 aliphatic rings. The molecular formula is C4H5F6N. The van der Waals surface area contributed by atoms with Crippen LogP contribution in [0.2, 0.25) is 0 Å². The van der Waals surface area contributed by atoms with Gasteiger partial charge in [0.1, 0.15) is 0 Å². The van der Waals surface area contributed by atoms with Crippen molar-refractivity contribution in [1.29, 1.82) is 0 Å². The van der Waals surface area contributed by atoms with Crippen LogP contribution in [0.25, 0.3) is 0 Å². The highest BCUT2D eigenvalue weighted by Gasteiger charge is 2.62. The summed E-state index contributed by atoms with van der Waals surface area (Å²) in [6.07, 6.45) is -4.38. The molecule has 0 radical (unpaired) electrons. The SMILES string of the molecule is CNC(F)(F)C(F)(F)C(F)F. The molecule has 0 unspecified atom stereocenters. The van der Waals surface area contributed by atoms with Gasteiger partial charge in [-0.2, -0.15) is 17.6 Å². The maximum atomic E-state index is 11.8. The number of alkyl halides is 6. The van der Waals surface area contributed by atoms with Crippen LogP contribution in [0, 0.1) is 0 Å². The average molecular weight is 181 g/mol. The summed E-state index contributed by atoms with van der Waals surface area (Å²) >= 11 is 0. The van der Waals surface area contributed by atoms with Crippen molar-refractivity contribution in [2.45, 2.75) is 18.4 Å². The summed E-state index contributed by atoms with van der Waals surface area (Å²) in [4.78, 5) is 0. The standard InChI is InChI=1S/C4H5F6N/c1-11-4(9,10)3(7,8)2(5)6/h2,11H,1H3. The first-order valence-corrected chi connectivity index (χ1v) is 2.48. The van der Waals surface area contributed by atoms with E-state index >= 15 is 0 Å². The predicted molar refractivity (Wildman–Crippen MR) is 25.0 cm³/mol. The van der Waals surface area contributed by atoms with E-state index in [1.807, 2.05) is 0 Å². The zero-order chi connectivity index (χ0) is 9.28. The van der Waals surface area contributed by atoms with E-state index < -0.39 is 18.4 Å². The zero-order valence-corrected chi connectivity index (χ0v) is 5.35. The van der Waals surface area contributed by atoms with E-state index in [1.54, 1.807) is 0 Å². The van der Waals surface area contributed by atoms with Crippen molar-refractivity contribution in [3.8, 4) is 0 Å². The molecule has 0 saturated carbocycles. The van der Waals surface area contributed by atoms with Crippen LogP contribution in [0.15, 0.2) is 0 Å². The van der Waals surface area contributed by atoms with Crippen LogP contribution in [0.1, 0.15) is 0 Å². The maximum Gasteiger partial charge on any atom is 0.383 e. The third-order valence-electron chi connectivity index (χ3n) is 1.01. The highest BCUT2D eigenvalue weighted by atomic mass is 19.3. The normalized spacial score (nSPS) is 14.2. The third kappa shape index (κ3) is 1.76. The summed E-state index contributed by atoms with van der Waals surface area (Å²) < 4.78 is 69.7. The number of hydrogen-bond donors (Lipinski definition) is 1. The van der Waals surface area contributed by atoms with Gasteiger partial charge in [-0.15, -0.1) is 0 Å². The van der Waals surface area contributed by atoms with Crippen LogP contribution in [-0.4, -0.2) is 25.4 Å². The summed E-state index contributed by atoms with van der Waals surface area (Å²) in [5, 5.41) is 0.800. The predicted octanol–water partition coefficient (Wildman–Crippen LogP) is 1.70. The fraction of sp³-hybridized carbons (Fsp3) is 1.00. The van der Waals surface area contributed by atoms with Gasteiger partial charge in [0, 0.05) is 0 Å². The van der Waals surface area contributed by atoms with Crippen LogP contribution in [0.4, 0.5) is 26.3 Å². The minimum absolute atomic E-state index is 0.469. The molecule has 0 aliphatic carbocycles. The highest BCUT2D eigenvalue weighted by Crippen LogP contribution is 2.36. The number of hydrogen-bond acceptors (Lipinski definition) is 1. The lowest BCUT2D eigenvalue weighted by molar-refractivity contribution is -0.274. The molecule has 0 aromatic rings. The van der Waals surface area contributed by atoms with Gasteiger partial charge in [-0.05, 0) is 7.05 Å². The molecule has 11 heavy (non-hydrogen) atoms. The second-order valence-electron chi connectivity index (χ2n) is 1.75. The van der Waals surface area contributed by atoms with Crippen LogP contribution < -0.4 is 5.32 Å². The van der Waals surface area contributed by atoms with Gasteiger partial charge in [-0.1, -0.05) is 0 Å². The Labute approximate surface area is 58.4 Å². The van der Waals surface area contributed by atoms with Crippen molar-refractivity contribution in [2.75, 3.05) is 7.05 Å². The molecule has 1 nitrogen and oxygen atoms in total. The lowest BCUT2D eigenvalue weighted by Crippen LogP contribution is -2.54. The van der Waals surface area contributed by atoms with Gasteiger partial charge >= 0.3 is 18.4 Å². The molecule has 1 N–H and O–H groups in total. The van der Waals surface area contributed by atoms with E-state index in [2.05, 4.69) is 0 Å². The minimum atomic E-state index is -5.33. The van der Waals surface area contributed by atoms with Gasteiger partial charge in [0.15, 0.2) is 0 Å². The third-order valence-corrected chi connectivity index (χ3v) is 1.01. The Balaban J connectivity index is 4.53. The van der Waals surface area contributed by atoms with Crippen molar-refractivity contribution in [3.05, 3.63) is 0 Å². The van der Waals surface area contributed by atoms with Crippen molar-refractivity contribution >= 4 is 0 Å². The van der Waals surface area contributed by atoms with Crippen LogP contribution in [0.5, 0.6) is 0 Å². The first-order valence-electron chi connectivity index (χ1n) is 2.48. The van der Waals surface area contributed by atoms with E-state index in [0.717, 1.165) is 5.32 Å². The number of rotatable bonds is 3. The van der Waals surface area contributed by atoms with Crippen molar-refractivity contribution < 1.29 is 26.3 Å². The van der Waals surface area contributed by atoms with Crippen molar-refractivity contribution in [3.63, 3.8) is 0 Å². The average Bonchev–Trinajstić information content (AvgIpc) is 1.87. The molecule has 0 aromatic heterocycles. The Kier molecular flexibility index (Phi) is 2.76. The fourth-order valence-electron chi connectivity index (χ4n) is 0.304. The summed E-state index contributed by atoms with van der Waals surface area (Å²) in [5.74, 6) is -5.33. The molecule has 0 aliphatic heterocycles. The first kappa shape index (κ1) is 10.5. The molecule has 0 aromatic carbocycles. The summed E-state index contributed by atoms with van der Waals surface area (Å²) in [5.41, 5.74) is 0. The van der Waals surface area contributed by atoms with Gasteiger partial charge in [0.25, 0.3) is 0 Å². The Bertz CT molecular complexity index is 133. The van der Waals surface area contributed by atoms with Crippen molar-refractivity contribution in [2.24, 2.45) is 0 Å². The smallest absolute Gasteiger partial charge is 0.256 e.